The van der Waals surface area contributed by atoms with Gasteiger partial charge < -0.3 is 14.5 Å². The summed E-state index contributed by atoms with van der Waals surface area (Å²) < 4.78 is 9.44. The van der Waals surface area contributed by atoms with E-state index in [-0.39, 0.29) is 18.4 Å². The molecule has 1 aromatic heterocycles. The Morgan fingerprint density at radius 1 is 1.24 bits per heavy atom. The topological polar surface area (TPSA) is 68.4 Å². The van der Waals surface area contributed by atoms with E-state index in [9.17, 15) is 9.59 Å². The molecule has 0 saturated heterocycles. The fourth-order valence-corrected chi connectivity index (χ4v) is 1.52. The van der Waals surface area contributed by atoms with Crippen molar-refractivity contribution in [2.75, 3.05) is 13.7 Å². The third-order valence-electron chi connectivity index (χ3n) is 2.39. The quantitative estimate of drug-likeness (QED) is 0.758. The summed E-state index contributed by atoms with van der Waals surface area (Å²) in [7, 11) is 1.35. The first-order valence-corrected chi connectivity index (χ1v) is 5.54. The minimum atomic E-state index is -0.290. The van der Waals surface area contributed by atoms with Crippen LogP contribution in [0.4, 0.5) is 0 Å². The van der Waals surface area contributed by atoms with Crippen LogP contribution in [-0.4, -0.2) is 30.6 Å². The second-order valence-corrected chi connectivity index (χ2v) is 3.56. The van der Waals surface area contributed by atoms with Gasteiger partial charge in [0.25, 0.3) is 0 Å². The van der Waals surface area contributed by atoms with Crippen molar-refractivity contribution in [2.24, 2.45) is 0 Å². The van der Waals surface area contributed by atoms with Crippen LogP contribution in [0.2, 0.25) is 0 Å². The van der Waals surface area contributed by atoms with Crippen LogP contribution < -0.4 is 0 Å². The molecule has 0 radical (unpaired) electrons. The van der Waals surface area contributed by atoms with E-state index in [4.69, 9.17) is 4.74 Å². The number of hydrogen-bond acceptors (Lipinski definition) is 4. The summed E-state index contributed by atoms with van der Waals surface area (Å²) in [6.07, 6.45) is 4.64. The first-order chi connectivity index (χ1) is 8.17. The van der Waals surface area contributed by atoms with Crippen molar-refractivity contribution in [3.63, 3.8) is 0 Å². The highest BCUT2D eigenvalue weighted by Crippen LogP contribution is 2.12. The number of carbonyl (C=O) groups is 2. The number of rotatable bonds is 6. The lowest BCUT2D eigenvalue weighted by Gasteiger charge is -2.03. The van der Waals surface area contributed by atoms with Crippen LogP contribution in [0.1, 0.15) is 24.5 Å². The van der Waals surface area contributed by atoms with Gasteiger partial charge in [0.2, 0.25) is 0 Å². The van der Waals surface area contributed by atoms with Gasteiger partial charge in [0.05, 0.1) is 20.1 Å². The highest BCUT2D eigenvalue weighted by molar-refractivity contribution is 5.73. The smallest absolute Gasteiger partial charge is 0.310 e. The van der Waals surface area contributed by atoms with Crippen LogP contribution in [0.3, 0.4) is 0 Å². The van der Waals surface area contributed by atoms with Crippen LogP contribution in [-0.2, 0) is 31.9 Å². The van der Waals surface area contributed by atoms with Gasteiger partial charge in [-0.3, -0.25) is 9.59 Å². The molecule has 17 heavy (non-hydrogen) atoms. The molecule has 5 nitrogen and oxygen atoms in total. The molecule has 0 atom stereocenters. The molecule has 1 rings (SSSR count). The first-order valence-electron chi connectivity index (χ1n) is 5.54. The molecule has 1 heterocycles. The lowest BCUT2D eigenvalue weighted by atomic mass is 10.1. The molecule has 0 spiro atoms. The molecule has 0 amide bonds. The number of hydrogen-bond donors (Lipinski definition) is 1. The molecule has 0 saturated carbocycles. The van der Waals surface area contributed by atoms with E-state index in [0.29, 0.717) is 19.4 Å². The lowest BCUT2D eigenvalue weighted by molar-refractivity contribution is -0.143. The van der Waals surface area contributed by atoms with Crippen LogP contribution in [0, 0.1) is 0 Å². The van der Waals surface area contributed by atoms with E-state index >= 15 is 0 Å². The molecule has 1 aromatic rings. The van der Waals surface area contributed by atoms with Crippen LogP contribution in [0.5, 0.6) is 0 Å². The summed E-state index contributed by atoms with van der Waals surface area (Å²) in [6, 6.07) is 0. The van der Waals surface area contributed by atoms with Gasteiger partial charge in [-0.05, 0) is 24.5 Å². The Morgan fingerprint density at radius 2 is 1.94 bits per heavy atom. The van der Waals surface area contributed by atoms with Crippen molar-refractivity contribution in [1.82, 2.24) is 4.98 Å². The fraction of sp³-hybridized carbons (Fsp3) is 0.500. The van der Waals surface area contributed by atoms with Gasteiger partial charge in [-0.1, -0.05) is 0 Å². The zero-order chi connectivity index (χ0) is 12.7. The van der Waals surface area contributed by atoms with Crippen molar-refractivity contribution >= 4 is 11.9 Å². The van der Waals surface area contributed by atoms with Gasteiger partial charge in [0.15, 0.2) is 0 Å². The Kier molecular flexibility index (Phi) is 5.26. The average molecular weight is 239 g/mol. The van der Waals surface area contributed by atoms with Gasteiger partial charge in [-0.15, -0.1) is 0 Å². The van der Waals surface area contributed by atoms with E-state index in [1.165, 1.54) is 7.11 Å². The molecule has 0 bridgehead atoms. The summed E-state index contributed by atoms with van der Waals surface area (Å²) in [6.45, 7) is 2.16. The summed E-state index contributed by atoms with van der Waals surface area (Å²) >= 11 is 0. The summed E-state index contributed by atoms with van der Waals surface area (Å²) in [5, 5.41) is 0. The molecule has 1 N–H and O–H groups in total. The Balaban J connectivity index is 2.51. The number of esters is 2. The Hall–Kier alpha value is -1.78. The van der Waals surface area contributed by atoms with E-state index in [1.807, 2.05) is 0 Å². The Labute approximate surface area is 100 Å². The minimum absolute atomic E-state index is 0.220. The number of methoxy groups -OCH3 is 1. The van der Waals surface area contributed by atoms with Crippen molar-refractivity contribution in [2.45, 2.75) is 26.2 Å². The molecular weight excluding hydrogens is 222 g/mol. The zero-order valence-electron chi connectivity index (χ0n) is 10.1. The maximum Gasteiger partial charge on any atom is 0.310 e. The normalized spacial score (nSPS) is 10.0. The second-order valence-electron chi connectivity index (χ2n) is 3.56. The highest BCUT2D eigenvalue weighted by Gasteiger charge is 2.11. The van der Waals surface area contributed by atoms with E-state index in [1.54, 1.807) is 19.3 Å². The van der Waals surface area contributed by atoms with Crippen LogP contribution in [0.15, 0.2) is 12.4 Å². The van der Waals surface area contributed by atoms with Gasteiger partial charge in [-0.25, -0.2) is 0 Å². The third-order valence-corrected chi connectivity index (χ3v) is 2.39. The Bertz CT molecular complexity index is 384. The first kappa shape index (κ1) is 13.3. The molecule has 94 valence electrons. The largest absolute Gasteiger partial charge is 0.469 e. The SMILES string of the molecule is CCOC(=O)CCc1c[nH]cc1CC(=O)OC. The van der Waals surface area contributed by atoms with Crippen molar-refractivity contribution in [3.05, 3.63) is 23.5 Å². The van der Waals surface area contributed by atoms with Crippen LogP contribution in [0.25, 0.3) is 0 Å². The number of carbonyl (C=O) groups excluding carboxylic acids is 2. The predicted molar refractivity (Wildman–Crippen MR) is 61.5 cm³/mol. The number of nitrogens with one attached hydrogen (secondary N) is 1. The number of aromatic amines is 1. The van der Waals surface area contributed by atoms with Gasteiger partial charge in [0.1, 0.15) is 0 Å². The average Bonchev–Trinajstić information content (AvgIpc) is 2.74. The van der Waals surface area contributed by atoms with Gasteiger partial charge >= 0.3 is 11.9 Å². The number of aryl methyl sites for hydroxylation is 1. The maximum atomic E-state index is 11.2. The van der Waals surface area contributed by atoms with Crippen molar-refractivity contribution in [1.29, 1.82) is 0 Å². The molecule has 0 aliphatic rings. The third kappa shape index (κ3) is 4.30. The van der Waals surface area contributed by atoms with E-state index in [0.717, 1.165) is 11.1 Å². The fourth-order valence-electron chi connectivity index (χ4n) is 1.52. The molecule has 0 aliphatic heterocycles. The molecule has 0 unspecified atom stereocenters. The summed E-state index contributed by atoms with van der Waals surface area (Å²) in [5.74, 6) is -0.514. The Morgan fingerprint density at radius 3 is 2.59 bits per heavy atom. The van der Waals surface area contributed by atoms with Crippen molar-refractivity contribution in [3.8, 4) is 0 Å². The molecule has 5 heteroatoms. The monoisotopic (exact) mass is 239 g/mol. The molecule has 0 aromatic carbocycles. The van der Waals surface area contributed by atoms with Gasteiger partial charge in [-0.2, -0.15) is 0 Å². The molecule has 0 aliphatic carbocycles. The summed E-state index contributed by atoms with van der Waals surface area (Å²) in [4.78, 5) is 25.3. The summed E-state index contributed by atoms with van der Waals surface area (Å²) in [5.41, 5.74) is 1.81. The highest BCUT2D eigenvalue weighted by atomic mass is 16.5. The number of H-pyrrole nitrogens is 1. The predicted octanol–water partition coefficient (Wildman–Crippen LogP) is 1.23. The van der Waals surface area contributed by atoms with Gasteiger partial charge in [0, 0.05) is 18.8 Å². The zero-order valence-corrected chi connectivity index (χ0v) is 10.1. The number of ether oxygens (including phenoxy) is 2. The molecule has 0 fully saturated rings. The lowest BCUT2D eigenvalue weighted by Crippen LogP contribution is -2.08. The minimum Gasteiger partial charge on any atom is -0.469 e. The van der Waals surface area contributed by atoms with Crippen molar-refractivity contribution < 1.29 is 19.1 Å². The second kappa shape index (κ2) is 6.73. The van der Waals surface area contributed by atoms with E-state index < -0.39 is 0 Å². The standard InChI is InChI=1S/C12H17NO4/c1-3-17-11(14)5-4-9-7-13-8-10(9)6-12(15)16-2/h7-8,13H,3-6H2,1-2H3. The van der Waals surface area contributed by atoms with Crippen LogP contribution >= 0.6 is 0 Å². The molecular formula is C12H17NO4. The number of aromatic nitrogens is 1. The maximum absolute atomic E-state index is 11.2. The van der Waals surface area contributed by atoms with E-state index in [2.05, 4.69) is 9.72 Å².